The molecule has 1 aromatic carbocycles. The summed E-state index contributed by atoms with van der Waals surface area (Å²) in [6.07, 6.45) is 0. The molecule has 0 saturated carbocycles. The van der Waals surface area contributed by atoms with Gasteiger partial charge in [0.2, 0.25) is 0 Å². The van der Waals surface area contributed by atoms with Crippen LogP contribution in [0.1, 0.15) is 0 Å². The zero-order chi connectivity index (χ0) is 9.26. The van der Waals surface area contributed by atoms with Crippen LogP contribution in [-0.2, 0) is 0 Å². The Balaban J connectivity index is 2.41. The van der Waals surface area contributed by atoms with Gasteiger partial charge in [-0.2, -0.15) is 0 Å². The molecule has 13 heavy (non-hydrogen) atoms. The Morgan fingerprint density at radius 1 is 1.15 bits per heavy atom. The monoisotopic (exact) mass is 322 g/mol. The number of hydrogen-bond acceptors (Lipinski definition) is 3. The van der Waals surface area contributed by atoms with Crippen molar-refractivity contribution in [3.8, 4) is 10.6 Å². The van der Waals surface area contributed by atoms with E-state index in [-0.39, 0.29) is 0 Å². The number of aromatic nitrogens is 2. The van der Waals surface area contributed by atoms with Crippen molar-refractivity contribution in [3.63, 3.8) is 0 Å². The Bertz CT molecular complexity index is 412. The third-order valence-electron chi connectivity index (χ3n) is 1.49. The molecule has 0 atom stereocenters. The van der Waals surface area contributed by atoms with Crippen LogP contribution in [0.5, 0.6) is 0 Å². The molecule has 0 radical (unpaired) electrons. The van der Waals surface area contributed by atoms with Crippen LogP contribution < -0.4 is 0 Å². The highest BCUT2D eigenvalue weighted by Gasteiger charge is 2.03. The first-order valence-corrected chi connectivity index (χ1v) is 5.78. The second kappa shape index (κ2) is 3.89. The summed E-state index contributed by atoms with van der Waals surface area (Å²) in [5, 5.41) is 9.64. The summed E-state index contributed by atoms with van der Waals surface area (Å²) in [6, 6.07) is 7.59. The lowest BCUT2D eigenvalue weighted by molar-refractivity contribution is 1.07. The molecular formula is C8H4ClIN2S. The minimum Gasteiger partial charge on any atom is -0.137 e. The van der Waals surface area contributed by atoms with Crippen LogP contribution >= 0.6 is 45.5 Å². The van der Waals surface area contributed by atoms with E-state index in [4.69, 9.17) is 11.6 Å². The molecule has 1 aromatic heterocycles. The molecule has 66 valence electrons. The number of rotatable bonds is 1. The van der Waals surface area contributed by atoms with E-state index >= 15 is 0 Å². The van der Waals surface area contributed by atoms with Crippen molar-refractivity contribution < 1.29 is 0 Å². The maximum Gasteiger partial charge on any atom is 0.178 e. The van der Waals surface area contributed by atoms with E-state index < -0.39 is 0 Å². The summed E-state index contributed by atoms with van der Waals surface area (Å²) in [5.74, 6) is 0. The predicted octanol–water partition coefficient (Wildman–Crippen LogP) is 3.46. The molecule has 2 nitrogen and oxygen atoms in total. The third-order valence-corrected chi connectivity index (χ3v) is 3.38. The molecular weight excluding hydrogens is 319 g/mol. The molecule has 0 aliphatic carbocycles. The highest BCUT2D eigenvalue weighted by Crippen LogP contribution is 2.25. The molecule has 2 aromatic rings. The third kappa shape index (κ3) is 2.18. The minimum absolute atomic E-state index is 0.739. The van der Waals surface area contributed by atoms with Crippen molar-refractivity contribution in [1.29, 1.82) is 0 Å². The molecule has 0 fully saturated rings. The lowest BCUT2D eigenvalue weighted by Gasteiger charge is -1.93. The minimum atomic E-state index is 0.739. The first kappa shape index (κ1) is 9.36. The fraction of sp³-hybridized carbons (Fsp3) is 0. The molecule has 0 aliphatic heterocycles. The fourth-order valence-electron chi connectivity index (χ4n) is 0.914. The molecule has 0 spiro atoms. The Morgan fingerprint density at radius 2 is 1.85 bits per heavy atom. The van der Waals surface area contributed by atoms with Gasteiger partial charge in [-0.1, -0.05) is 35.1 Å². The SMILES string of the molecule is Clc1ccc(-c2nnc(I)s2)cc1. The Labute approximate surface area is 98.1 Å². The lowest BCUT2D eigenvalue weighted by atomic mass is 10.2. The number of nitrogens with zero attached hydrogens (tertiary/aromatic N) is 2. The van der Waals surface area contributed by atoms with E-state index in [1.807, 2.05) is 24.3 Å². The zero-order valence-electron chi connectivity index (χ0n) is 6.37. The number of hydrogen-bond donors (Lipinski definition) is 0. The van der Waals surface area contributed by atoms with Crippen LogP contribution in [0.3, 0.4) is 0 Å². The summed E-state index contributed by atoms with van der Waals surface area (Å²) >= 11 is 9.49. The number of halogens is 2. The van der Waals surface area contributed by atoms with Crippen molar-refractivity contribution >= 4 is 45.5 Å². The first-order chi connectivity index (χ1) is 6.25. The van der Waals surface area contributed by atoms with Crippen LogP contribution in [0.2, 0.25) is 5.02 Å². The largest absolute Gasteiger partial charge is 0.178 e. The number of benzene rings is 1. The van der Waals surface area contributed by atoms with Gasteiger partial charge < -0.3 is 0 Å². The van der Waals surface area contributed by atoms with Gasteiger partial charge in [0.05, 0.1) is 0 Å². The van der Waals surface area contributed by atoms with E-state index in [9.17, 15) is 0 Å². The first-order valence-electron chi connectivity index (χ1n) is 3.50. The van der Waals surface area contributed by atoms with Gasteiger partial charge in [-0.05, 0) is 34.7 Å². The summed E-state index contributed by atoms with van der Waals surface area (Å²) in [5.41, 5.74) is 1.06. The Hall–Kier alpha value is -0.200. The Morgan fingerprint density at radius 3 is 2.38 bits per heavy atom. The van der Waals surface area contributed by atoms with Gasteiger partial charge in [-0.15, -0.1) is 10.2 Å². The lowest BCUT2D eigenvalue weighted by Crippen LogP contribution is -1.75. The van der Waals surface area contributed by atoms with E-state index in [0.29, 0.717) is 0 Å². The molecule has 0 N–H and O–H groups in total. The standard InChI is InChI=1S/C8H4ClIN2S/c9-6-3-1-5(2-4-6)7-11-12-8(10)13-7/h1-4H. The zero-order valence-corrected chi connectivity index (χ0v) is 10.1. The molecule has 0 amide bonds. The molecule has 0 aliphatic rings. The van der Waals surface area contributed by atoms with Gasteiger partial charge in [0, 0.05) is 10.6 Å². The topological polar surface area (TPSA) is 25.8 Å². The van der Waals surface area contributed by atoms with Gasteiger partial charge in [0.25, 0.3) is 0 Å². The average molecular weight is 323 g/mol. The van der Waals surface area contributed by atoms with E-state index in [1.54, 1.807) is 11.3 Å². The van der Waals surface area contributed by atoms with Crippen molar-refractivity contribution in [3.05, 3.63) is 32.3 Å². The van der Waals surface area contributed by atoms with Crippen LogP contribution in [0.15, 0.2) is 24.3 Å². The quantitative estimate of drug-likeness (QED) is 0.751. The summed E-state index contributed by atoms with van der Waals surface area (Å²) in [6.45, 7) is 0. The van der Waals surface area contributed by atoms with Crippen LogP contribution in [0.25, 0.3) is 10.6 Å². The summed E-state index contributed by atoms with van der Waals surface area (Å²) in [4.78, 5) is 0. The second-order valence-electron chi connectivity index (χ2n) is 2.37. The van der Waals surface area contributed by atoms with Crippen molar-refractivity contribution in [2.45, 2.75) is 0 Å². The average Bonchev–Trinajstić information content (AvgIpc) is 2.53. The summed E-state index contributed by atoms with van der Waals surface area (Å²) in [7, 11) is 0. The highest BCUT2D eigenvalue weighted by atomic mass is 127. The normalized spacial score (nSPS) is 10.3. The predicted molar refractivity (Wildman–Crippen MR) is 63.1 cm³/mol. The van der Waals surface area contributed by atoms with Crippen LogP contribution in [0, 0.1) is 3.01 Å². The van der Waals surface area contributed by atoms with Crippen LogP contribution in [0.4, 0.5) is 0 Å². The highest BCUT2D eigenvalue weighted by molar-refractivity contribution is 14.1. The van der Waals surface area contributed by atoms with E-state index in [2.05, 4.69) is 32.8 Å². The fourth-order valence-corrected chi connectivity index (χ4v) is 2.35. The molecule has 0 bridgehead atoms. The molecule has 0 saturated heterocycles. The maximum atomic E-state index is 5.77. The molecule has 1 heterocycles. The van der Waals surface area contributed by atoms with Gasteiger partial charge in [0.1, 0.15) is 5.01 Å². The van der Waals surface area contributed by atoms with Crippen molar-refractivity contribution in [2.24, 2.45) is 0 Å². The van der Waals surface area contributed by atoms with Gasteiger partial charge >= 0.3 is 0 Å². The van der Waals surface area contributed by atoms with E-state index in [1.165, 1.54) is 0 Å². The van der Waals surface area contributed by atoms with Crippen molar-refractivity contribution in [1.82, 2.24) is 10.2 Å². The second-order valence-corrected chi connectivity index (χ2v) is 5.53. The maximum absolute atomic E-state index is 5.77. The van der Waals surface area contributed by atoms with Gasteiger partial charge in [0.15, 0.2) is 3.01 Å². The molecule has 2 rings (SSSR count). The van der Waals surface area contributed by atoms with Gasteiger partial charge in [-0.3, -0.25) is 0 Å². The Kier molecular flexibility index (Phi) is 2.80. The smallest absolute Gasteiger partial charge is 0.137 e. The summed E-state index contributed by atoms with van der Waals surface area (Å²) < 4.78 is 0.947. The van der Waals surface area contributed by atoms with E-state index in [0.717, 1.165) is 18.6 Å². The van der Waals surface area contributed by atoms with Crippen LogP contribution in [-0.4, -0.2) is 10.2 Å². The molecule has 5 heteroatoms. The molecule has 0 unspecified atom stereocenters. The van der Waals surface area contributed by atoms with Gasteiger partial charge in [-0.25, -0.2) is 0 Å². The van der Waals surface area contributed by atoms with Crippen molar-refractivity contribution in [2.75, 3.05) is 0 Å².